The molecule has 3 rings (SSSR count). The van der Waals surface area contributed by atoms with Gasteiger partial charge in [-0.15, -0.1) is 0 Å². The van der Waals surface area contributed by atoms with E-state index in [1.54, 1.807) is 11.8 Å². The van der Waals surface area contributed by atoms with Gasteiger partial charge >= 0.3 is 0 Å². The Balaban J connectivity index is 1.67. The minimum atomic E-state index is 0.364. The van der Waals surface area contributed by atoms with E-state index in [9.17, 15) is 0 Å². The van der Waals surface area contributed by atoms with Crippen LogP contribution in [0.1, 0.15) is 30.1 Å². The number of hydrogen-bond acceptors (Lipinski definition) is 5. The van der Waals surface area contributed by atoms with Crippen LogP contribution in [0.25, 0.3) is 0 Å². The van der Waals surface area contributed by atoms with Crippen molar-refractivity contribution in [3.8, 4) is 5.75 Å². The molecule has 118 valence electrons. The van der Waals surface area contributed by atoms with Gasteiger partial charge in [-0.3, -0.25) is 4.90 Å². The number of piperidine rings is 1. The summed E-state index contributed by atoms with van der Waals surface area (Å²) in [6.07, 6.45) is 2.28. The highest BCUT2D eigenvalue weighted by atomic mass is 16.5. The molecule has 1 fully saturated rings. The number of ether oxygens (including phenoxy) is 1. The lowest BCUT2D eigenvalue weighted by atomic mass is 9.97. The highest BCUT2D eigenvalue weighted by Gasteiger charge is 2.25. The number of rotatable bonds is 4. The van der Waals surface area contributed by atoms with Gasteiger partial charge in [-0.1, -0.05) is 12.1 Å². The number of aryl methyl sites for hydroxylation is 1. The Morgan fingerprint density at radius 3 is 3.00 bits per heavy atom. The van der Waals surface area contributed by atoms with Crippen LogP contribution in [-0.2, 0) is 13.6 Å². The molecule has 1 aliphatic rings. The van der Waals surface area contributed by atoms with Gasteiger partial charge in [0.1, 0.15) is 5.75 Å². The number of nitrogens with zero attached hydrogens (tertiary/aromatic N) is 4. The van der Waals surface area contributed by atoms with Crippen LogP contribution >= 0.6 is 0 Å². The van der Waals surface area contributed by atoms with E-state index >= 15 is 0 Å². The van der Waals surface area contributed by atoms with Crippen LogP contribution in [0.3, 0.4) is 0 Å². The molecular weight excluding hydrogens is 278 g/mol. The van der Waals surface area contributed by atoms with E-state index in [-0.39, 0.29) is 0 Å². The van der Waals surface area contributed by atoms with E-state index in [0.29, 0.717) is 11.9 Å². The number of nitrogen functional groups attached to an aromatic ring is 1. The zero-order valence-electron chi connectivity index (χ0n) is 13.2. The van der Waals surface area contributed by atoms with E-state index in [0.717, 1.165) is 44.0 Å². The molecule has 0 radical (unpaired) electrons. The van der Waals surface area contributed by atoms with Gasteiger partial charge < -0.3 is 10.5 Å². The Bertz CT molecular complexity index is 620. The first-order valence-electron chi connectivity index (χ1n) is 7.67. The van der Waals surface area contributed by atoms with Crippen LogP contribution in [-0.4, -0.2) is 39.9 Å². The second-order valence-corrected chi connectivity index (χ2v) is 5.88. The van der Waals surface area contributed by atoms with Crippen LogP contribution in [0.15, 0.2) is 24.3 Å². The lowest BCUT2D eigenvalue weighted by Crippen LogP contribution is -2.34. The standard InChI is InChI=1S/C16H23N5O/c1-20-16(17)18-15(19-20)13-6-4-8-21(11-13)10-12-5-3-7-14(9-12)22-2/h3,5,7,9,13H,4,6,8,10-11H2,1-2H3,(H2,17,18,19). The number of aromatic nitrogens is 3. The molecule has 2 heterocycles. The number of likely N-dealkylation sites (tertiary alicyclic amines) is 1. The van der Waals surface area contributed by atoms with Crippen molar-refractivity contribution in [3.63, 3.8) is 0 Å². The Kier molecular flexibility index (Phi) is 4.29. The molecule has 0 bridgehead atoms. The molecule has 0 aliphatic carbocycles. The quantitative estimate of drug-likeness (QED) is 0.932. The molecule has 1 aliphatic heterocycles. The Morgan fingerprint density at radius 2 is 2.27 bits per heavy atom. The summed E-state index contributed by atoms with van der Waals surface area (Å²) in [6, 6.07) is 8.25. The van der Waals surface area contributed by atoms with E-state index in [4.69, 9.17) is 10.5 Å². The van der Waals surface area contributed by atoms with Crippen LogP contribution in [0.5, 0.6) is 5.75 Å². The molecule has 2 aromatic rings. The summed E-state index contributed by atoms with van der Waals surface area (Å²) in [5.41, 5.74) is 7.07. The third-order valence-corrected chi connectivity index (χ3v) is 4.22. The molecule has 6 heteroatoms. The molecule has 1 aromatic carbocycles. The maximum Gasteiger partial charge on any atom is 0.218 e. The molecule has 0 spiro atoms. The van der Waals surface area contributed by atoms with Gasteiger partial charge in [0.05, 0.1) is 7.11 Å². The van der Waals surface area contributed by atoms with Crippen molar-refractivity contribution in [1.82, 2.24) is 19.7 Å². The minimum Gasteiger partial charge on any atom is -0.497 e. The minimum absolute atomic E-state index is 0.364. The van der Waals surface area contributed by atoms with Crippen molar-refractivity contribution >= 4 is 5.95 Å². The summed E-state index contributed by atoms with van der Waals surface area (Å²) in [6.45, 7) is 3.01. The predicted octanol–water partition coefficient (Wildman–Crippen LogP) is 1.79. The van der Waals surface area contributed by atoms with Crippen LogP contribution in [0.4, 0.5) is 5.95 Å². The molecular formula is C16H23N5O. The lowest BCUT2D eigenvalue weighted by Gasteiger charge is -2.31. The normalized spacial score (nSPS) is 19.3. The van der Waals surface area contributed by atoms with Crippen molar-refractivity contribution in [2.45, 2.75) is 25.3 Å². The molecule has 22 heavy (non-hydrogen) atoms. The summed E-state index contributed by atoms with van der Waals surface area (Å²) in [5, 5.41) is 4.44. The van der Waals surface area contributed by atoms with Crippen molar-refractivity contribution in [2.75, 3.05) is 25.9 Å². The maximum atomic E-state index is 5.80. The van der Waals surface area contributed by atoms with E-state index in [1.165, 1.54) is 5.56 Å². The average molecular weight is 301 g/mol. The topological polar surface area (TPSA) is 69.2 Å². The Morgan fingerprint density at radius 1 is 1.41 bits per heavy atom. The average Bonchev–Trinajstić information content (AvgIpc) is 2.87. The number of methoxy groups -OCH3 is 1. The molecule has 6 nitrogen and oxygen atoms in total. The second kappa shape index (κ2) is 6.36. The number of benzene rings is 1. The fraction of sp³-hybridized carbons (Fsp3) is 0.500. The maximum absolute atomic E-state index is 5.80. The van der Waals surface area contributed by atoms with Crippen molar-refractivity contribution < 1.29 is 4.74 Å². The first-order chi connectivity index (χ1) is 10.7. The Labute approximate surface area is 130 Å². The predicted molar refractivity (Wildman–Crippen MR) is 85.7 cm³/mol. The Hall–Kier alpha value is -2.08. The number of anilines is 1. The van der Waals surface area contributed by atoms with Gasteiger partial charge in [-0.05, 0) is 37.1 Å². The SMILES string of the molecule is COc1cccc(CN2CCCC(c3nc(N)n(C)n3)C2)c1. The van der Waals surface area contributed by atoms with Gasteiger partial charge in [0.25, 0.3) is 0 Å². The summed E-state index contributed by atoms with van der Waals surface area (Å²) in [5.74, 6) is 2.63. The molecule has 2 N–H and O–H groups in total. The molecule has 0 amide bonds. The van der Waals surface area contributed by atoms with Crippen LogP contribution < -0.4 is 10.5 Å². The van der Waals surface area contributed by atoms with Gasteiger partial charge in [-0.2, -0.15) is 10.1 Å². The molecule has 1 atom stereocenters. The van der Waals surface area contributed by atoms with Gasteiger partial charge in [-0.25, -0.2) is 4.68 Å². The van der Waals surface area contributed by atoms with Crippen LogP contribution in [0, 0.1) is 0 Å². The first kappa shape index (κ1) is 14.8. The fourth-order valence-corrected chi connectivity index (χ4v) is 3.03. The van der Waals surface area contributed by atoms with Crippen LogP contribution in [0.2, 0.25) is 0 Å². The van der Waals surface area contributed by atoms with Crippen molar-refractivity contribution in [3.05, 3.63) is 35.7 Å². The number of hydrogen-bond donors (Lipinski definition) is 1. The van der Waals surface area contributed by atoms with Gasteiger partial charge in [0.2, 0.25) is 5.95 Å². The zero-order valence-corrected chi connectivity index (χ0v) is 13.2. The van der Waals surface area contributed by atoms with E-state index in [1.807, 2.05) is 19.2 Å². The molecule has 1 saturated heterocycles. The highest BCUT2D eigenvalue weighted by molar-refractivity contribution is 5.28. The third kappa shape index (κ3) is 3.22. The summed E-state index contributed by atoms with van der Waals surface area (Å²) >= 11 is 0. The van der Waals surface area contributed by atoms with Gasteiger partial charge in [0, 0.05) is 26.1 Å². The van der Waals surface area contributed by atoms with E-state index in [2.05, 4.69) is 27.1 Å². The van der Waals surface area contributed by atoms with Crippen molar-refractivity contribution in [2.24, 2.45) is 7.05 Å². The molecule has 1 aromatic heterocycles. The summed E-state index contributed by atoms with van der Waals surface area (Å²) < 4.78 is 6.94. The van der Waals surface area contributed by atoms with E-state index < -0.39 is 0 Å². The van der Waals surface area contributed by atoms with Gasteiger partial charge in [0.15, 0.2) is 5.82 Å². The number of nitrogens with two attached hydrogens (primary N) is 1. The molecule has 1 unspecified atom stereocenters. The summed E-state index contributed by atoms with van der Waals surface area (Å²) in [7, 11) is 3.54. The zero-order chi connectivity index (χ0) is 15.5. The molecule has 0 saturated carbocycles. The lowest BCUT2D eigenvalue weighted by molar-refractivity contribution is 0.196. The highest BCUT2D eigenvalue weighted by Crippen LogP contribution is 2.26. The fourth-order valence-electron chi connectivity index (χ4n) is 3.03. The van der Waals surface area contributed by atoms with Crippen molar-refractivity contribution in [1.29, 1.82) is 0 Å². The third-order valence-electron chi connectivity index (χ3n) is 4.22. The monoisotopic (exact) mass is 301 g/mol. The summed E-state index contributed by atoms with van der Waals surface area (Å²) in [4.78, 5) is 6.84. The second-order valence-electron chi connectivity index (χ2n) is 5.88. The largest absolute Gasteiger partial charge is 0.497 e. The first-order valence-corrected chi connectivity index (χ1v) is 7.67. The smallest absolute Gasteiger partial charge is 0.218 e.